The van der Waals surface area contributed by atoms with Crippen molar-refractivity contribution in [1.29, 1.82) is 0 Å². The van der Waals surface area contributed by atoms with E-state index in [1.54, 1.807) is 22.7 Å². The van der Waals surface area contributed by atoms with Gasteiger partial charge in [-0.15, -0.1) is 35.1 Å². The minimum atomic E-state index is 0. The van der Waals surface area contributed by atoms with Crippen LogP contribution >= 0.6 is 35.1 Å². The maximum absolute atomic E-state index is 12.9. The van der Waals surface area contributed by atoms with Crippen LogP contribution in [0.15, 0.2) is 36.4 Å². The number of aromatic nitrogens is 1. The van der Waals surface area contributed by atoms with E-state index in [0.717, 1.165) is 33.4 Å². The molecule has 1 saturated heterocycles. The lowest BCUT2D eigenvalue weighted by molar-refractivity contribution is 0.0608. The second-order valence-corrected chi connectivity index (χ2v) is 8.25. The van der Waals surface area contributed by atoms with Crippen LogP contribution in [0.4, 0.5) is 0 Å². The molecule has 1 aromatic carbocycles. The number of para-hydroxylation sites is 1. The Morgan fingerprint density at radius 1 is 1.20 bits per heavy atom. The van der Waals surface area contributed by atoms with Gasteiger partial charge >= 0.3 is 0 Å². The lowest BCUT2D eigenvalue weighted by Crippen LogP contribution is -2.57. The third kappa shape index (κ3) is 3.44. The van der Waals surface area contributed by atoms with Crippen LogP contribution in [0.1, 0.15) is 23.5 Å². The van der Waals surface area contributed by atoms with E-state index >= 15 is 0 Å². The molecule has 2 aromatic heterocycles. The van der Waals surface area contributed by atoms with E-state index in [9.17, 15) is 4.79 Å². The third-order valence-electron chi connectivity index (χ3n) is 4.62. The molecule has 0 radical (unpaired) electrons. The number of rotatable bonds is 2. The minimum Gasteiger partial charge on any atom is -0.332 e. The van der Waals surface area contributed by atoms with Gasteiger partial charge in [-0.05, 0) is 38.1 Å². The number of nitrogens with zero attached hydrogens (tertiary/aromatic N) is 2. The summed E-state index contributed by atoms with van der Waals surface area (Å²) in [7, 11) is 0. The number of thiophene rings is 1. The normalized spacial score (nSPS) is 20.5. The Morgan fingerprint density at radius 2 is 2.00 bits per heavy atom. The summed E-state index contributed by atoms with van der Waals surface area (Å²) < 4.78 is 1.18. The van der Waals surface area contributed by atoms with Crippen LogP contribution < -0.4 is 5.32 Å². The molecule has 4 rings (SSSR count). The third-order valence-corrected chi connectivity index (χ3v) is 6.90. The number of carbonyl (C=O) groups excluding carboxylic acids is 1. The van der Waals surface area contributed by atoms with E-state index in [0.29, 0.717) is 6.04 Å². The topological polar surface area (TPSA) is 45.2 Å². The molecule has 132 valence electrons. The molecule has 4 nitrogen and oxygen atoms in total. The van der Waals surface area contributed by atoms with Gasteiger partial charge in [0.2, 0.25) is 0 Å². The SMILES string of the molecule is CC1NCCN(C(=O)c2ccc(-c3nc4ccccc4s3)s2)C1C.Cl. The second kappa shape index (κ2) is 7.41. The molecular formula is C18H20ClN3OS2. The highest BCUT2D eigenvalue weighted by atomic mass is 35.5. The van der Waals surface area contributed by atoms with E-state index in [1.807, 2.05) is 35.2 Å². The summed E-state index contributed by atoms with van der Waals surface area (Å²) in [5.74, 6) is 0.133. The van der Waals surface area contributed by atoms with Gasteiger partial charge in [-0.2, -0.15) is 0 Å². The molecule has 1 aliphatic rings. The van der Waals surface area contributed by atoms with Crippen molar-refractivity contribution in [2.45, 2.75) is 25.9 Å². The van der Waals surface area contributed by atoms with Gasteiger partial charge in [-0.3, -0.25) is 4.79 Å². The number of carbonyl (C=O) groups is 1. The summed E-state index contributed by atoms with van der Waals surface area (Å²) in [5.41, 5.74) is 1.02. The molecule has 0 spiro atoms. The summed E-state index contributed by atoms with van der Waals surface area (Å²) in [6.45, 7) is 5.86. The lowest BCUT2D eigenvalue weighted by Gasteiger charge is -2.38. The van der Waals surface area contributed by atoms with Gasteiger partial charge in [0.15, 0.2) is 0 Å². The molecule has 0 saturated carbocycles. The Morgan fingerprint density at radius 3 is 2.80 bits per heavy atom. The molecule has 1 fully saturated rings. The fourth-order valence-electron chi connectivity index (χ4n) is 3.03. The van der Waals surface area contributed by atoms with Gasteiger partial charge in [0.25, 0.3) is 5.91 Å². The smallest absolute Gasteiger partial charge is 0.264 e. The van der Waals surface area contributed by atoms with E-state index in [-0.39, 0.29) is 24.4 Å². The molecule has 2 atom stereocenters. The molecule has 3 aromatic rings. The molecule has 25 heavy (non-hydrogen) atoms. The lowest BCUT2D eigenvalue weighted by atomic mass is 10.1. The largest absolute Gasteiger partial charge is 0.332 e. The van der Waals surface area contributed by atoms with E-state index < -0.39 is 0 Å². The predicted octanol–water partition coefficient (Wildman–Crippen LogP) is 4.27. The van der Waals surface area contributed by atoms with Crippen LogP contribution in [-0.2, 0) is 0 Å². The van der Waals surface area contributed by atoms with Crippen LogP contribution in [-0.4, -0.2) is 41.0 Å². The van der Waals surface area contributed by atoms with E-state index in [1.165, 1.54) is 4.70 Å². The zero-order valence-corrected chi connectivity index (χ0v) is 16.5. The predicted molar refractivity (Wildman–Crippen MR) is 108 cm³/mol. The average Bonchev–Trinajstić information content (AvgIpc) is 3.23. The first-order chi connectivity index (χ1) is 11.6. The summed E-state index contributed by atoms with van der Waals surface area (Å²) in [6.07, 6.45) is 0. The maximum Gasteiger partial charge on any atom is 0.264 e. The highest BCUT2D eigenvalue weighted by Crippen LogP contribution is 2.35. The quantitative estimate of drug-likeness (QED) is 0.707. The van der Waals surface area contributed by atoms with Gasteiger partial charge < -0.3 is 10.2 Å². The fourth-order valence-corrected chi connectivity index (χ4v) is 5.01. The van der Waals surface area contributed by atoms with E-state index in [2.05, 4.69) is 30.2 Å². The van der Waals surface area contributed by atoms with Crippen molar-refractivity contribution >= 4 is 51.2 Å². The molecule has 7 heteroatoms. The second-order valence-electron chi connectivity index (χ2n) is 6.13. The number of hydrogen-bond donors (Lipinski definition) is 1. The zero-order valence-electron chi connectivity index (χ0n) is 14.1. The van der Waals surface area contributed by atoms with Crippen LogP contribution in [0.5, 0.6) is 0 Å². The number of benzene rings is 1. The van der Waals surface area contributed by atoms with Crippen LogP contribution in [0.25, 0.3) is 20.1 Å². The monoisotopic (exact) mass is 393 g/mol. The molecule has 1 amide bonds. The van der Waals surface area contributed by atoms with Crippen molar-refractivity contribution in [3.63, 3.8) is 0 Å². The Labute approximate surface area is 161 Å². The Hall–Kier alpha value is -1.47. The van der Waals surface area contributed by atoms with Gasteiger partial charge in [0.1, 0.15) is 5.01 Å². The van der Waals surface area contributed by atoms with Gasteiger partial charge in [-0.25, -0.2) is 4.98 Å². The molecule has 0 aliphatic carbocycles. The fraction of sp³-hybridized carbons (Fsp3) is 0.333. The van der Waals surface area contributed by atoms with Crippen LogP contribution in [0, 0.1) is 0 Å². The Balaban J connectivity index is 0.00000182. The molecular weight excluding hydrogens is 374 g/mol. The number of fused-ring (bicyclic) bond motifs is 1. The van der Waals surface area contributed by atoms with E-state index in [4.69, 9.17) is 0 Å². The van der Waals surface area contributed by atoms with Crippen molar-refractivity contribution in [2.24, 2.45) is 0 Å². The van der Waals surface area contributed by atoms with Crippen LogP contribution in [0.3, 0.4) is 0 Å². The van der Waals surface area contributed by atoms with Gasteiger partial charge in [-0.1, -0.05) is 12.1 Å². The van der Waals surface area contributed by atoms with Crippen molar-refractivity contribution < 1.29 is 4.79 Å². The Kier molecular flexibility index (Phi) is 5.43. The maximum atomic E-state index is 12.9. The summed E-state index contributed by atoms with van der Waals surface area (Å²) in [5, 5.41) is 4.40. The van der Waals surface area contributed by atoms with Crippen molar-refractivity contribution in [1.82, 2.24) is 15.2 Å². The highest BCUT2D eigenvalue weighted by Gasteiger charge is 2.29. The first kappa shape index (κ1) is 18.3. The standard InChI is InChI=1S/C18H19N3OS2.ClH/c1-11-12(2)21(10-9-19-11)18(22)16-8-7-15(23-16)17-20-13-5-3-4-6-14(13)24-17;/h3-8,11-12,19H,9-10H2,1-2H3;1H. The first-order valence-electron chi connectivity index (χ1n) is 8.13. The van der Waals surface area contributed by atoms with Crippen molar-refractivity contribution in [3.8, 4) is 9.88 Å². The highest BCUT2D eigenvalue weighted by molar-refractivity contribution is 7.26. The average molecular weight is 394 g/mol. The number of nitrogens with one attached hydrogen (secondary N) is 1. The number of amides is 1. The number of piperazine rings is 1. The summed E-state index contributed by atoms with van der Waals surface area (Å²) >= 11 is 3.22. The van der Waals surface area contributed by atoms with Gasteiger partial charge in [0, 0.05) is 25.2 Å². The summed E-state index contributed by atoms with van der Waals surface area (Å²) in [4.78, 5) is 21.4. The first-order valence-corrected chi connectivity index (χ1v) is 9.77. The number of thiazole rings is 1. The molecule has 2 unspecified atom stereocenters. The minimum absolute atomic E-state index is 0. The van der Waals surface area contributed by atoms with Gasteiger partial charge in [0.05, 0.1) is 20.0 Å². The summed E-state index contributed by atoms with van der Waals surface area (Å²) in [6, 6.07) is 12.6. The molecule has 1 aliphatic heterocycles. The van der Waals surface area contributed by atoms with Crippen molar-refractivity contribution in [2.75, 3.05) is 13.1 Å². The Bertz CT molecular complexity index is 858. The van der Waals surface area contributed by atoms with Crippen molar-refractivity contribution in [3.05, 3.63) is 41.3 Å². The molecule has 0 bridgehead atoms. The molecule has 3 heterocycles. The molecule has 1 N–H and O–H groups in total. The van der Waals surface area contributed by atoms with Crippen LogP contribution in [0.2, 0.25) is 0 Å². The number of halogens is 1. The zero-order chi connectivity index (χ0) is 16.7. The number of hydrogen-bond acceptors (Lipinski definition) is 5.